The number of fused-ring (bicyclic) bond motifs is 1. The van der Waals surface area contributed by atoms with Crippen LogP contribution >= 0.6 is 0 Å². The molecule has 1 atom stereocenters. The van der Waals surface area contributed by atoms with Gasteiger partial charge in [0, 0.05) is 26.4 Å². The van der Waals surface area contributed by atoms with Gasteiger partial charge >= 0.3 is 0 Å². The van der Waals surface area contributed by atoms with Crippen molar-refractivity contribution in [2.75, 3.05) is 13.2 Å². The van der Waals surface area contributed by atoms with Crippen molar-refractivity contribution in [3.63, 3.8) is 0 Å². The van der Waals surface area contributed by atoms with Gasteiger partial charge in [0.25, 0.3) is 5.91 Å². The lowest BCUT2D eigenvalue weighted by Gasteiger charge is -2.29. The van der Waals surface area contributed by atoms with Crippen molar-refractivity contribution >= 4 is 5.91 Å². The fourth-order valence-corrected chi connectivity index (χ4v) is 3.20. The first-order valence-electron chi connectivity index (χ1n) is 7.69. The van der Waals surface area contributed by atoms with Gasteiger partial charge in [-0.1, -0.05) is 24.3 Å². The number of hydrogen-bond donors (Lipinski definition) is 1. The third-order valence-electron chi connectivity index (χ3n) is 4.25. The Morgan fingerprint density at radius 2 is 2.27 bits per heavy atom. The molecule has 116 valence electrons. The van der Waals surface area contributed by atoms with Crippen LogP contribution in [0.4, 0.5) is 0 Å². The summed E-state index contributed by atoms with van der Waals surface area (Å²) in [7, 11) is 1.81. The summed E-state index contributed by atoms with van der Waals surface area (Å²) in [5, 5.41) is 13.2. The van der Waals surface area contributed by atoms with Crippen LogP contribution in [0.3, 0.4) is 0 Å². The number of carbonyl (C=O) groups is 1. The molecule has 2 aromatic rings. The summed E-state index contributed by atoms with van der Waals surface area (Å²) < 4.78 is 1.64. The van der Waals surface area contributed by atoms with E-state index in [4.69, 9.17) is 5.11 Å². The van der Waals surface area contributed by atoms with E-state index in [0.717, 1.165) is 12.8 Å². The molecule has 22 heavy (non-hydrogen) atoms. The van der Waals surface area contributed by atoms with Crippen molar-refractivity contribution < 1.29 is 9.90 Å². The van der Waals surface area contributed by atoms with Crippen LogP contribution in [-0.4, -0.2) is 38.8 Å². The molecule has 1 N–H and O–H groups in total. The second kappa shape index (κ2) is 6.32. The molecule has 1 amide bonds. The molecule has 5 heteroatoms. The van der Waals surface area contributed by atoms with Gasteiger partial charge < -0.3 is 10.0 Å². The Labute approximate surface area is 130 Å². The quantitative estimate of drug-likeness (QED) is 0.918. The number of aryl methyl sites for hydroxylation is 2. The van der Waals surface area contributed by atoms with Crippen molar-refractivity contribution in [1.82, 2.24) is 14.7 Å². The normalized spacial score (nSPS) is 16.5. The lowest BCUT2D eigenvalue weighted by molar-refractivity contribution is 0.0661. The van der Waals surface area contributed by atoms with E-state index in [2.05, 4.69) is 17.2 Å². The molecule has 0 saturated carbocycles. The van der Waals surface area contributed by atoms with Crippen LogP contribution in [0.5, 0.6) is 0 Å². The highest BCUT2D eigenvalue weighted by molar-refractivity contribution is 5.94. The molecule has 0 aliphatic heterocycles. The third-order valence-corrected chi connectivity index (χ3v) is 4.25. The van der Waals surface area contributed by atoms with Crippen LogP contribution in [0, 0.1) is 0 Å². The molecule has 1 aliphatic carbocycles. The summed E-state index contributed by atoms with van der Waals surface area (Å²) in [5.41, 5.74) is 3.16. The lowest BCUT2D eigenvalue weighted by atomic mass is 10.1. The number of hydrogen-bond acceptors (Lipinski definition) is 3. The van der Waals surface area contributed by atoms with Crippen molar-refractivity contribution in [2.24, 2.45) is 7.05 Å². The number of aromatic nitrogens is 2. The Bertz CT molecular complexity index is 665. The second-order valence-corrected chi connectivity index (χ2v) is 5.73. The summed E-state index contributed by atoms with van der Waals surface area (Å²) >= 11 is 0. The molecular formula is C17H21N3O2. The maximum atomic E-state index is 12.9. The minimum Gasteiger partial charge on any atom is -0.396 e. The van der Waals surface area contributed by atoms with Gasteiger partial charge in [-0.2, -0.15) is 5.10 Å². The number of rotatable bonds is 5. The SMILES string of the molecule is Cn1cc(C(=O)N(CCCO)[C@@H]2CCc3ccccc32)cn1. The molecule has 0 spiro atoms. The van der Waals surface area contributed by atoms with Crippen LogP contribution in [-0.2, 0) is 13.5 Å². The molecule has 0 saturated heterocycles. The highest BCUT2D eigenvalue weighted by Gasteiger charge is 2.31. The number of aliphatic hydroxyl groups excluding tert-OH is 1. The summed E-state index contributed by atoms with van der Waals surface area (Å²) in [6.07, 6.45) is 5.88. The van der Waals surface area contributed by atoms with E-state index in [9.17, 15) is 4.79 Å². The average Bonchev–Trinajstić information content (AvgIpc) is 3.14. The molecule has 5 nitrogen and oxygen atoms in total. The number of amides is 1. The zero-order valence-electron chi connectivity index (χ0n) is 12.8. The Balaban J connectivity index is 1.89. The monoisotopic (exact) mass is 299 g/mol. The van der Waals surface area contributed by atoms with E-state index < -0.39 is 0 Å². The van der Waals surface area contributed by atoms with E-state index in [1.54, 1.807) is 24.1 Å². The predicted octanol–water partition coefficient (Wildman–Crippen LogP) is 1.93. The molecule has 1 aliphatic rings. The Hall–Kier alpha value is -2.14. The van der Waals surface area contributed by atoms with Crippen LogP contribution in [0.25, 0.3) is 0 Å². The van der Waals surface area contributed by atoms with E-state index in [0.29, 0.717) is 18.5 Å². The molecule has 3 rings (SSSR count). The largest absolute Gasteiger partial charge is 0.396 e. The first-order valence-corrected chi connectivity index (χ1v) is 7.69. The fourth-order valence-electron chi connectivity index (χ4n) is 3.20. The standard InChI is InChI=1S/C17H21N3O2/c1-19-12-14(11-18-19)17(22)20(9-4-10-21)16-8-7-13-5-2-3-6-15(13)16/h2-3,5-6,11-12,16,21H,4,7-10H2,1H3/t16-/m1/s1. The third kappa shape index (κ3) is 2.76. The Morgan fingerprint density at radius 3 is 3.00 bits per heavy atom. The minimum atomic E-state index is -0.0109. The Kier molecular flexibility index (Phi) is 4.24. The van der Waals surface area contributed by atoms with Gasteiger partial charge in [0.2, 0.25) is 0 Å². The molecule has 1 heterocycles. The fraction of sp³-hybridized carbons (Fsp3) is 0.412. The van der Waals surface area contributed by atoms with Gasteiger partial charge in [-0.05, 0) is 30.4 Å². The molecule has 1 aromatic heterocycles. The first kappa shape index (κ1) is 14.8. The van der Waals surface area contributed by atoms with E-state index in [-0.39, 0.29) is 18.6 Å². The first-order chi connectivity index (χ1) is 10.7. The molecule has 0 radical (unpaired) electrons. The second-order valence-electron chi connectivity index (χ2n) is 5.73. The van der Waals surface area contributed by atoms with Crippen LogP contribution < -0.4 is 0 Å². The van der Waals surface area contributed by atoms with Crippen molar-refractivity contribution in [3.8, 4) is 0 Å². The highest BCUT2D eigenvalue weighted by atomic mass is 16.3. The van der Waals surface area contributed by atoms with Gasteiger partial charge in [-0.15, -0.1) is 0 Å². The summed E-state index contributed by atoms with van der Waals surface area (Å²) in [5.74, 6) is -0.0109. The van der Waals surface area contributed by atoms with Gasteiger partial charge in [0.05, 0.1) is 17.8 Å². The van der Waals surface area contributed by atoms with E-state index in [1.165, 1.54) is 11.1 Å². The number of aliphatic hydroxyl groups is 1. The molecule has 0 bridgehead atoms. The van der Waals surface area contributed by atoms with Gasteiger partial charge in [0.15, 0.2) is 0 Å². The van der Waals surface area contributed by atoms with Crippen LogP contribution in [0.2, 0.25) is 0 Å². The van der Waals surface area contributed by atoms with E-state index in [1.807, 2.05) is 17.0 Å². The van der Waals surface area contributed by atoms with Crippen molar-refractivity contribution in [3.05, 3.63) is 53.3 Å². The van der Waals surface area contributed by atoms with Gasteiger partial charge in [-0.3, -0.25) is 9.48 Å². The summed E-state index contributed by atoms with van der Waals surface area (Å²) in [4.78, 5) is 14.7. The number of benzene rings is 1. The zero-order valence-corrected chi connectivity index (χ0v) is 12.8. The summed E-state index contributed by atoms with van der Waals surface area (Å²) in [6.45, 7) is 0.647. The van der Waals surface area contributed by atoms with Gasteiger partial charge in [0.1, 0.15) is 0 Å². The minimum absolute atomic E-state index is 0.0109. The van der Waals surface area contributed by atoms with Crippen molar-refractivity contribution in [1.29, 1.82) is 0 Å². The molecule has 1 aromatic carbocycles. The maximum Gasteiger partial charge on any atom is 0.257 e. The molecular weight excluding hydrogens is 278 g/mol. The Morgan fingerprint density at radius 1 is 1.45 bits per heavy atom. The van der Waals surface area contributed by atoms with Crippen LogP contribution in [0.1, 0.15) is 40.4 Å². The maximum absolute atomic E-state index is 12.9. The summed E-state index contributed by atoms with van der Waals surface area (Å²) in [6, 6.07) is 8.40. The van der Waals surface area contributed by atoms with Gasteiger partial charge in [-0.25, -0.2) is 0 Å². The van der Waals surface area contributed by atoms with Crippen molar-refractivity contribution in [2.45, 2.75) is 25.3 Å². The lowest BCUT2D eigenvalue weighted by Crippen LogP contribution is -2.35. The van der Waals surface area contributed by atoms with Crippen LogP contribution in [0.15, 0.2) is 36.7 Å². The average molecular weight is 299 g/mol. The number of nitrogens with zero attached hydrogens (tertiary/aromatic N) is 3. The smallest absolute Gasteiger partial charge is 0.257 e. The van der Waals surface area contributed by atoms with E-state index >= 15 is 0 Å². The molecule has 0 fully saturated rings. The highest BCUT2D eigenvalue weighted by Crippen LogP contribution is 2.36. The number of carbonyl (C=O) groups excluding carboxylic acids is 1. The topological polar surface area (TPSA) is 58.4 Å². The molecule has 0 unspecified atom stereocenters. The predicted molar refractivity (Wildman–Crippen MR) is 83.5 cm³/mol. The zero-order chi connectivity index (χ0) is 15.5.